The maximum atomic E-state index is 8.91. The van der Waals surface area contributed by atoms with E-state index in [0.717, 1.165) is 11.8 Å². The van der Waals surface area contributed by atoms with Crippen LogP contribution in [0.1, 0.15) is 13.8 Å². The van der Waals surface area contributed by atoms with Crippen molar-refractivity contribution in [1.82, 2.24) is 0 Å². The van der Waals surface area contributed by atoms with E-state index in [1.54, 1.807) is 13.8 Å². The Kier molecular flexibility index (Phi) is 9.77. The van der Waals surface area contributed by atoms with Crippen molar-refractivity contribution >= 4 is 0 Å². The minimum Gasteiger partial charge on any atom is -0.393 e. The summed E-state index contributed by atoms with van der Waals surface area (Å²) in [5.41, 5.74) is 0. The first kappa shape index (κ1) is 17.5. The van der Waals surface area contributed by atoms with Crippen molar-refractivity contribution in [3.63, 3.8) is 0 Å². The molecule has 10 radical (unpaired) electrons. The molecule has 2 atom stereocenters. The summed E-state index contributed by atoms with van der Waals surface area (Å²) in [5, 5.41) is 17.8. The second-order valence-corrected chi connectivity index (χ2v) is 3.79. The van der Waals surface area contributed by atoms with Crippen molar-refractivity contribution in [2.45, 2.75) is 26.1 Å². The Morgan fingerprint density at radius 3 is 1.06 bits per heavy atom. The van der Waals surface area contributed by atoms with Crippen LogP contribution in [-0.2, 0) is 19.5 Å². The molecule has 0 aromatic heterocycles. The van der Waals surface area contributed by atoms with Gasteiger partial charge in [0.15, 0.2) is 0 Å². The molecule has 2 aliphatic rings. The van der Waals surface area contributed by atoms with Crippen LogP contribution >= 0.6 is 0 Å². The Bertz CT molecular complexity index is 151. The van der Waals surface area contributed by atoms with E-state index < -0.39 is 0 Å². The summed E-state index contributed by atoms with van der Waals surface area (Å²) in [4.78, 5) is 0. The Balaban J connectivity index is 0.000000284. The van der Waals surface area contributed by atoms with Crippen LogP contribution in [0.15, 0.2) is 0 Å². The Morgan fingerprint density at radius 2 is 0.941 bits per heavy atom. The van der Waals surface area contributed by atoms with Gasteiger partial charge in [-0.1, -0.05) is 0 Å². The molecule has 0 heterocycles. The van der Waals surface area contributed by atoms with Crippen molar-refractivity contribution in [3.05, 3.63) is 63.2 Å². The molecule has 0 aromatic rings. The molecule has 2 fully saturated rings. The summed E-state index contributed by atoms with van der Waals surface area (Å²) < 4.78 is 0. The standard InChI is InChI=1S/2C7H9O.Ru/c2*1-6(8)7-4-2-3-5-7;/h2*2-6,8H,1H3;/q;;+2/t2*6-;/m00./s1. The largest absolute Gasteiger partial charge is 2.00 e. The topological polar surface area (TPSA) is 40.5 Å². The third-order valence-corrected chi connectivity index (χ3v) is 2.34. The molecule has 2 aliphatic carbocycles. The van der Waals surface area contributed by atoms with Crippen molar-refractivity contribution in [3.8, 4) is 0 Å². The Morgan fingerprint density at radius 1 is 0.706 bits per heavy atom. The first-order valence-corrected chi connectivity index (χ1v) is 5.40. The van der Waals surface area contributed by atoms with Crippen LogP contribution in [0.25, 0.3) is 0 Å². The summed E-state index contributed by atoms with van der Waals surface area (Å²) in [6.07, 6.45) is 14.7. The summed E-state index contributed by atoms with van der Waals surface area (Å²) in [5.74, 6) is 1.98. The van der Waals surface area contributed by atoms with Crippen LogP contribution in [0.3, 0.4) is 0 Å². The first-order chi connectivity index (χ1) is 7.61. The van der Waals surface area contributed by atoms with Crippen LogP contribution in [0.2, 0.25) is 0 Å². The summed E-state index contributed by atoms with van der Waals surface area (Å²) in [6, 6.07) is 0. The predicted molar refractivity (Wildman–Crippen MR) is 64.2 cm³/mol. The molecule has 0 unspecified atom stereocenters. The minimum absolute atomic E-state index is 0. The molecule has 0 spiro atoms. The third kappa shape index (κ3) is 6.89. The van der Waals surface area contributed by atoms with Crippen molar-refractivity contribution in [2.24, 2.45) is 0 Å². The van der Waals surface area contributed by atoms with Crippen molar-refractivity contribution in [1.29, 1.82) is 0 Å². The molecular weight excluding hydrogens is 301 g/mol. The molecular formula is C14H18O2Ru+2. The quantitative estimate of drug-likeness (QED) is 0.758. The fourth-order valence-corrected chi connectivity index (χ4v) is 1.33. The van der Waals surface area contributed by atoms with Gasteiger partial charge in [0.25, 0.3) is 0 Å². The zero-order valence-electron chi connectivity index (χ0n) is 10.0. The van der Waals surface area contributed by atoms with Gasteiger partial charge in [-0.3, -0.25) is 0 Å². The fourth-order valence-electron chi connectivity index (χ4n) is 1.33. The zero-order chi connectivity index (χ0) is 12.0. The zero-order valence-corrected chi connectivity index (χ0v) is 11.8. The van der Waals surface area contributed by atoms with E-state index in [0.29, 0.717) is 0 Å². The summed E-state index contributed by atoms with van der Waals surface area (Å²) in [7, 11) is 0. The summed E-state index contributed by atoms with van der Waals surface area (Å²) in [6.45, 7) is 3.52. The molecule has 2 N–H and O–H groups in total. The number of rotatable bonds is 2. The van der Waals surface area contributed by atoms with E-state index in [-0.39, 0.29) is 31.7 Å². The molecule has 0 aliphatic heterocycles. The van der Waals surface area contributed by atoms with Crippen LogP contribution in [0.4, 0.5) is 0 Å². The number of aliphatic hydroxyl groups is 2. The van der Waals surface area contributed by atoms with Gasteiger partial charge in [0.2, 0.25) is 0 Å². The second kappa shape index (κ2) is 9.47. The normalized spacial score (nSPS) is 24.7. The van der Waals surface area contributed by atoms with Gasteiger partial charge in [-0.15, -0.1) is 0 Å². The SMILES string of the molecule is C[C@H](O)[C]1[CH][CH][CH][CH]1.C[C@H](O)[C]1[CH][CH][CH][CH]1.[Ru+2]. The number of aliphatic hydroxyl groups excluding tert-OH is 2. The van der Waals surface area contributed by atoms with Gasteiger partial charge >= 0.3 is 19.5 Å². The van der Waals surface area contributed by atoms with E-state index in [2.05, 4.69) is 0 Å². The van der Waals surface area contributed by atoms with E-state index in [1.165, 1.54) is 0 Å². The van der Waals surface area contributed by atoms with Gasteiger partial charge in [0.1, 0.15) is 0 Å². The molecule has 2 saturated carbocycles. The van der Waals surface area contributed by atoms with Crippen molar-refractivity contribution in [2.75, 3.05) is 0 Å². The molecule has 92 valence electrons. The molecule has 0 saturated heterocycles. The maximum absolute atomic E-state index is 8.91. The first-order valence-electron chi connectivity index (χ1n) is 5.40. The molecule has 2 rings (SSSR count). The molecule has 0 amide bonds. The van der Waals surface area contributed by atoms with Gasteiger partial charge in [0.05, 0.1) is 12.2 Å². The summed E-state index contributed by atoms with van der Waals surface area (Å²) >= 11 is 0. The average molecular weight is 319 g/mol. The monoisotopic (exact) mass is 320 g/mol. The van der Waals surface area contributed by atoms with Crippen molar-refractivity contribution < 1.29 is 29.7 Å². The van der Waals surface area contributed by atoms with Gasteiger partial charge in [-0.2, -0.15) is 0 Å². The third-order valence-electron chi connectivity index (χ3n) is 2.34. The molecule has 0 bridgehead atoms. The molecule has 3 heteroatoms. The molecule has 0 aromatic carbocycles. The Labute approximate surface area is 119 Å². The van der Waals surface area contributed by atoms with Gasteiger partial charge in [-0.05, 0) is 65.2 Å². The van der Waals surface area contributed by atoms with Crippen LogP contribution in [-0.4, -0.2) is 22.4 Å². The average Bonchev–Trinajstić information content (AvgIpc) is 2.93. The second-order valence-electron chi connectivity index (χ2n) is 3.79. The minimum atomic E-state index is -0.315. The van der Waals surface area contributed by atoms with Gasteiger partial charge < -0.3 is 10.2 Å². The smallest absolute Gasteiger partial charge is 0.393 e. The van der Waals surface area contributed by atoms with Crippen LogP contribution in [0, 0.1) is 63.2 Å². The molecule has 2 nitrogen and oxygen atoms in total. The molecule has 17 heavy (non-hydrogen) atoms. The van der Waals surface area contributed by atoms with E-state index >= 15 is 0 Å². The van der Waals surface area contributed by atoms with Crippen LogP contribution < -0.4 is 0 Å². The van der Waals surface area contributed by atoms with E-state index in [1.807, 2.05) is 51.4 Å². The van der Waals surface area contributed by atoms with E-state index in [4.69, 9.17) is 10.2 Å². The van der Waals surface area contributed by atoms with Gasteiger partial charge in [-0.25, -0.2) is 0 Å². The van der Waals surface area contributed by atoms with E-state index in [9.17, 15) is 0 Å². The fraction of sp³-hybridized carbons (Fsp3) is 0.286. The Hall–Kier alpha value is 0.543. The number of hydrogen-bond acceptors (Lipinski definition) is 2. The number of hydrogen-bond donors (Lipinski definition) is 2. The van der Waals surface area contributed by atoms with Crippen LogP contribution in [0.5, 0.6) is 0 Å². The maximum Gasteiger partial charge on any atom is 2.00 e. The predicted octanol–water partition coefficient (Wildman–Crippen LogP) is 1.54. The van der Waals surface area contributed by atoms with Gasteiger partial charge in [0, 0.05) is 11.8 Å².